The molecular weight excluding hydrogens is 504 g/mol. The molecule has 0 saturated carbocycles. The zero-order valence-corrected chi connectivity index (χ0v) is 23.5. The summed E-state index contributed by atoms with van der Waals surface area (Å²) in [6, 6.07) is 11.0. The first-order valence-corrected chi connectivity index (χ1v) is 14.4. The first-order valence-electron chi connectivity index (χ1n) is 14.4. The van der Waals surface area contributed by atoms with Crippen molar-refractivity contribution in [1.29, 1.82) is 5.41 Å². The molecule has 2 amide bonds. The second kappa shape index (κ2) is 9.98. The van der Waals surface area contributed by atoms with Crippen molar-refractivity contribution in [3.05, 3.63) is 64.7 Å². The molecule has 0 aliphatic carbocycles. The highest BCUT2D eigenvalue weighted by Crippen LogP contribution is 2.42. The third kappa shape index (κ3) is 4.84. The van der Waals surface area contributed by atoms with E-state index in [0.29, 0.717) is 37.2 Å². The molecular formula is C32H38N4O4. The smallest absolute Gasteiger partial charge is 0.251 e. The Bertz CT molecular complexity index is 1380. The van der Waals surface area contributed by atoms with Gasteiger partial charge in [0.25, 0.3) is 5.91 Å². The summed E-state index contributed by atoms with van der Waals surface area (Å²) in [4.78, 5) is 28.9. The number of carbonyl (C=O) groups is 2. The Morgan fingerprint density at radius 2 is 1.93 bits per heavy atom. The molecule has 5 aliphatic heterocycles. The number of carbonyl (C=O) groups excluding carboxylic acids is 2. The van der Waals surface area contributed by atoms with E-state index < -0.39 is 11.1 Å². The second-order valence-electron chi connectivity index (χ2n) is 12.1. The minimum Gasteiger partial charge on any atom is -0.493 e. The molecule has 2 aromatic carbocycles. The minimum absolute atomic E-state index is 0.0558. The van der Waals surface area contributed by atoms with Gasteiger partial charge >= 0.3 is 0 Å². The maximum absolute atomic E-state index is 13.7. The van der Waals surface area contributed by atoms with Crippen LogP contribution >= 0.6 is 0 Å². The molecule has 6 bridgehead atoms. The van der Waals surface area contributed by atoms with Crippen molar-refractivity contribution in [3.8, 4) is 11.5 Å². The number of fused-ring (bicyclic) bond motifs is 6. The van der Waals surface area contributed by atoms with E-state index in [1.54, 1.807) is 11.0 Å². The lowest BCUT2D eigenvalue weighted by Crippen LogP contribution is -2.63. The summed E-state index contributed by atoms with van der Waals surface area (Å²) in [5.74, 6) is 1.33. The van der Waals surface area contributed by atoms with Crippen LogP contribution in [0, 0.1) is 5.41 Å². The van der Waals surface area contributed by atoms with Gasteiger partial charge in [-0.25, -0.2) is 0 Å². The molecule has 210 valence electrons. The van der Waals surface area contributed by atoms with Crippen LogP contribution in [-0.2, 0) is 4.79 Å². The van der Waals surface area contributed by atoms with Crippen molar-refractivity contribution >= 4 is 23.8 Å². The fourth-order valence-corrected chi connectivity index (χ4v) is 6.64. The number of amides is 2. The van der Waals surface area contributed by atoms with Gasteiger partial charge in [-0.2, -0.15) is 0 Å². The summed E-state index contributed by atoms with van der Waals surface area (Å²) in [7, 11) is 0. The highest BCUT2D eigenvalue weighted by atomic mass is 16.5. The van der Waals surface area contributed by atoms with Crippen LogP contribution in [0.2, 0.25) is 0 Å². The van der Waals surface area contributed by atoms with Gasteiger partial charge < -0.3 is 20.1 Å². The first kappa shape index (κ1) is 26.4. The molecule has 0 aromatic heterocycles. The fraction of sp³-hybridized carbons (Fsp3) is 0.469. The number of benzene rings is 2. The number of ether oxygens (including phenoxy) is 2. The SMILES string of the molecule is CC[C@]12CCC/C=C/c3ccc4c(c3)[C@H](CC(C)(C)O4)NC(=O)c3ccc4c(c3)[C@@H](CCO4)N(C(=N)N1)C(=O)C2. The predicted molar refractivity (Wildman–Crippen MR) is 154 cm³/mol. The molecule has 0 unspecified atom stereocenters. The highest BCUT2D eigenvalue weighted by Gasteiger charge is 2.44. The minimum atomic E-state index is -0.430. The van der Waals surface area contributed by atoms with Crippen molar-refractivity contribution in [3.63, 3.8) is 0 Å². The number of hydrogen-bond donors (Lipinski definition) is 3. The van der Waals surface area contributed by atoms with Gasteiger partial charge in [-0.1, -0.05) is 25.1 Å². The van der Waals surface area contributed by atoms with Crippen LogP contribution < -0.4 is 20.1 Å². The molecule has 40 heavy (non-hydrogen) atoms. The van der Waals surface area contributed by atoms with Crippen LogP contribution in [0.1, 0.15) is 105 Å². The van der Waals surface area contributed by atoms with Crippen LogP contribution in [0.15, 0.2) is 42.5 Å². The van der Waals surface area contributed by atoms with Crippen LogP contribution in [0.25, 0.3) is 6.08 Å². The van der Waals surface area contributed by atoms with Crippen LogP contribution in [-0.4, -0.2) is 40.4 Å². The molecule has 5 aliphatic rings. The lowest BCUT2D eigenvalue weighted by atomic mass is 9.83. The summed E-state index contributed by atoms with van der Waals surface area (Å²) < 4.78 is 12.2. The quantitative estimate of drug-likeness (QED) is 0.432. The lowest BCUT2D eigenvalue weighted by Gasteiger charge is -2.46. The zero-order valence-electron chi connectivity index (χ0n) is 23.5. The zero-order chi connectivity index (χ0) is 28.1. The third-order valence-corrected chi connectivity index (χ3v) is 8.78. The van der Waals surface area contributed by atoms with Gasteiger partial charge in [-0.3, -0.25) is 19.9 Å². The largest absolute Gasteiger partial charge is 0.493 e. The van der Waals surface area contributed by atoms with Crippen LogP contribution in [0.4, 0.5) is 0 Å². The average molecular weight is 543 g/mol. The number of hydrogen-bond acceptors (Lipinski definition) is 5. The average Bonchev–Trinajstić information content (AvgIpc) is 2.91. The summed E-state index contributed by atoms with van der Waals surface area (Å²) in [6.45, 7) is 6.60. The van der Waals surface area contributed by atoms with Gasteiger partial charge in [-0.05, 0) is 75.4 Å². The van der Waals surface area contributed by atoms with Crippen molar-refractivity contribution in [1.82, 2.24) is 15.5 Å². The van der Waals surface area contributed by atoms with Crippen LogP contribution in [0.5, 0.6) is 11.5 Å². The summed E-state index contributed by atoms with van der Waals surface area (Å²) >= 11 is 0. The van der Waals surface area contributed by atoms with Crippen molar-refractivity contribution in [2.45, 2.75) is 88.9 Å². The number of rotatable bonds is 1. The van der Waals surface area contributed by atoms with Gasteiger partial charge in [0.1, 0.15) is 17.1 Å². The van der Waals surface area contributed by atoms with Crippen molar-refractivity contribution in [2.24, 2.45) is 0 Å². The van der Waals surface area contributed by atoms with E-state index in [4.69, 9.17) is 14.9 Å². The van der Waals surface area contributed by atoms with Gasteiger partial charge in [0.2, 0.25) is 5.91 Å². The second-order valence-corrected chi connectivity index (χ2v) is 12.1. The maximum atomic E-state index is 13.7. The molecule has 8 nitrogen and oxygen atoms in total. The standard InChI is InChI=1S/C32H38N4O4/c1-4-32-14-7-5-6-8-20-9-11-27-22(16-20)24(18-31(2,3)40-27)34-29(38)21-10-12-26-23(17-21)25(13-15-39-26)36(28(37)19-32)30(33)35-32/h6,8-12,16-17,24-25H,4-5,7,13-15,18-19H2,1-3H3,(H2,33,35)(H,34,38)/b8-6+/t24-,25+,32+/m0/s1. The first-order chi connectivity index (χ1) is 19.2. The molecule has 1 fully saturated rings. The molecule has 1 saturated heterocycles. The van der Waals surface area contributed by atoms with Crippen molar-refractivity contribution < 1.29 is 19.1 Å². The van der Waals surface area contributed by atoms with E-state index >= 15 is 0 Å². The summed E-state index contributed by atoms with van der Waals surface area (Å²) in [5.41, 5.74) is 2.44. The van der Waals surface area contributed by atoms with Gasteiger partial charge in [0.05, 0.1) is 25.1 Å². The molecule has 2 aromatic rings. The fourth-order valence-electron chi connectivity index (χ4n) is 6.64. The number of guanidine groups is 1. The van der Waals surface area contributed by atoms with E-state index in [1.807, 2.05) is 38.1 Å². The Morgan fingerprint density at radius 3 is 2.73 bits per heavy atom. The molecule has 0 radical (unpaired) electrons. The predicted octanol–water partition coefficient (Wildman–Crippen LogP) is 5.64. The molecule has 5 heterocycles. The Labute approximate surface area is 235 Å². The van der Waals surface area contributed by atoms with Crippen molar-refractivity contribution in [2.75, 3.05) is 6.61 Å². The van der Waals surface area contributed by atoms with E-state index in [0.717, 1.165) is 48.1 Å². The van der Waals surface area contributed by atoms with Crippen LogP contribution in [0.3, 0.4) is 0 Å². The lowest BCUT2D eigenvalue weighted by molar-refractivity contribution is -0.133. The molecule has 3 atom stereocenters. The molecule has 3 N–H and O–H groups in total. The number of nitrogens with zero attached hydrogens (tertiary/aromatic N) is 1. The molecule has 0 spiro atoms. The van der Waals surface area contributed by atoms with Gasteiger partial charge in [0, 0.05) is 35.1 Å². The Balaban J connectivity index is 1.42. The highest BCUT2D eigenvalue weighted by molar-refractivity contribution is 6.00. The number of allylic oxidation sites excluding steroid dienone is 1. The van der Waals surface area contributed by atoms with E-state index in [9.17, 15) is 9.59 Å². The maximum Gasteiger partial charge on any atom is 0.251 e. The summed E-state index contributed by atoms with van der Waals surface area (Å²) in [6.07, 6.45) is 9.14. The van der Waals surface area contributed by atoms with Gasteiger partial charge in [-0.15, -0.1) is 0 Å². The van der Waals surface area contributed by atoms with E-state index in [2.05, 4.69) is 35.8 Å². The number of nitrogens with one attached hydrogen (secondary N) is 3. The Morgan fingerprint density at radius 1 is 1.10 bits per heavy atom. The summed E-state index contributed by atoms with van der Waals surface area (Å²) in [5, 5.41) is 15.6. The van der Waals surface area contributed by atoms with E-state index in [-0.39, 0.29) is 29.9 Å². The van der Waals surface area contributed by atoms with Gasteiger partial charge in [0.15, 0.2) is 5.96 Å². The molecule has 7 rings (SSSR count). The van der Waals surface area contributed by atoms with E-state index in [1.165, 1.54) is 0 Å². The third-order valence-electron chi connectivity index (χ3n) is 8.78. The Kier molecular flexibility index (Phi) is 6.59. The Hall–Kier alpha value is -3.81. The normalized spacial score (nSPS) is 28.2. The molecule has 8 heteroatoms. The monoisotopic (exact) mass is 542 g/mol. The topological polar surface area (TPSA) is 104 Å².